The largest absolute Gasteiger partial charge is 0.307 e. The number of thiophene rings is 1. The summed E-state index contributed by atoms with van der Waals surface area (Å²) in [5, 5.41) is 1.50. The number of fused-ring (bicyclic) bond motifs is 2. The number of imidazole rings is 1. The van der Waals surface area contributed by atoms with Crippen LogP contribution in [0, 0.1) is 6.92 Å². The van der Waals surface area contributed by atoms with Crippen molar-refractivity contribution in [2.45, 2.75) is 44.6 Å². The van der Waals surface area contributed by atoms with Crippen LogP contribution in [0.25, 0.3) is 15.9 Å². The van der Waals surface area contributed by atoms with Crippen LogP contribution in [-0.4, -0.2) is 18.9 Å². The number of thioether (sulfide) groups is 1. The maximum absolute atomic E-state index is 12.8. The topological polar surface area (TPSA) is 52.2 Å². The Hall–Kier alpha value is -2.12. The van der Waals surface area contributed by atoms with E-state index in [0.29, 0.717) is 12.3 Å². The highest BCUT2D eigenvalue weighted by atomic mass is 32.2. The fourth-order valence-electron chi connectivity index (χ4n) is 3.02. The molecule has 0 fully saturated rings. The Morgan fingerprint density at radius 1 is 1.27 bits per heavy atom. The molecule has 0 radical (unpaired) electrons. The number of rotatable bonds is 5. The Bertz CT molecular complexity index is 1160. The van der Waals surface area contributed by atoms with Gasteiger partial charge < -0.3 is 4.40 Å². The number of aryl methyl sites for hydroxylation is 2. The summed E-state index contributed by atoms with van der Waals surface area (Å²) in [6, 6.07) is 6.07. The molecule has 0 aromatic carbocycles. The molecule has 0 amide bonds. The summed E-state index contributed by atoms with van der Waals surface area (Å²) >= 11 is 3.19. The molecule has 5 nitrogen and oxygen atoms in total. The van der Waals surface area contributed by atoms with E-state index in [9.17, 15) is 4.79 Å². The van der Waals surface area contributed by atoms with Gasteiger partial charge in [-0.05, 0) is 38.0 Å². The van der Waals surface area contributed by atoms with Gasteiger partial charge in [0, 0.05) is 29.6 Å². The monoisotopic (exact) mass is 384 g/mol. The Morgan fingerprint density at radius 2 is 2.12 bits per heavy atom. The maximum atomic E-state index is 12.8. The van der Waals surface area contributed by atoms with Gasteiger partial charge in [-0.2, -0.15) is 0 Å². The third-order valence-electron chi connectivity index (χ3n) is 4.41. The second-order valence-electron chi connectivity index (χ2n) is 6.17. The molecule has 4 aromatic rings. The van der Waals surface area contributed by atoms with Crippen LogP contribution in [0.3, 0.4) is 0 Å². The SMILES string of the molecule is CCc1cc2c(=O)n(CC)c(SCc3cn4cccc(C)c4n3)nc2s1. The predicted molar refractivity (Wildman–Crippen MR) is 108 cm³/mol. The van der Waals surface area contributed by atoms with Gasteiger partial charge in [0.2, 0.25) is 0 Å². The van der Waals surface area contributed by atoms with Gasteiger partial charge in [-0.25, -0.2) is 9.97 Å². The van der Waals surface area contributed by atoms with Crippen LogP contribution in [-0.2, 0) is 18.7 Å². The summed E-state index contributed by atoms with van der Waals surface area (Å²) in [4.78, 5) is 24.3. The van der Waals surface area contributed by atoms with Crippen LogP contribution >= 0.6 is 23.1 Å². The molecule has 0 aliphatic carbocycles. The fourth-order valence-corrected chi connectivity index (χ4v) is 4.98. The van der Waals surface area contributed by atoms with E-state index < -0.39 is 0 Å². The molecule has 0 bridgehead atoms. The Morgan fingerprint density at radius 3 is 2.85 bits per heavy atom. The van der Waals surface area contributed by atoms with E-state index in [0.717, 1.165) is 38.7 Å². The minimum atomic E-state index is 0.0572. The van der Waals surface area contributed by atoms with Crippen LogP contribution in [0.5, 0.6) is 0 Å². The number of nitrogens with zero attached hydrogens (tertiary/aromatic N) is 4. The quantitative estimate of drug-likeness (QED) is 0.380. The fraction of sp³-hybridized carbons (Fsp3) is 0.316. The van der Waals surface area contributed by atoms with Gasteiger partial charge in [0.15, 0.2) is 5.16 Å². The summed E-state index contributed by atoms with van der Waals surface area (Å²) in [6.07, 6.45) is 4.98. The minimum Gasteiger partial charge on any atom is -0.307 e. The molecule has 134 valence electrons. The second-order valence-corrected chi connectivity index (χ2v) is 8.23. The lowest BCUT2D eigenvalue weighted by molar-refractivity contribution is 0.635. The van der Waals surface area contributed by atoms with Crippen LogP contribution in [0.1, 0.15) is 30.0 Å². The molecule has 0 aliphatic heterocycles. The lowest BCUT2D eigenvalue weighted by Crippen LogP contribution is -2.21. The van der Waals surface area contributed by atoms with Crippen molar-refractivity contribution >= 4 is 39.0 Å². The highest BCUT2D eigenvalue weighted by Crippen LogP contribution is 2.27. The first-order valence-corrected chi connectivity index (χ1v) is 10.5. The molecule has 4 rings (SSSR count). The molecule has 0 spiro atoms. The molecular weight excluding hydrogens is 364 g/mol. The maximum Gasteiger partial charge on any atom is 0.262 e. The van der Waals surface area contributed by atoms with Gasteiger partial charge >= 0.3 is 0 Å². The number of aromatic nitrogens is 4. The third kappa shape index (κ3) is 2.95. The lowest BCUT2D eigenvalue weighted by atomic mass is 10.3. The van der Waals surface area contributed by atoms with E-state index in [4.69, 9.17) is 9.97 Å². The molecule has 0 atom stereocenters. The number of pyridine rings is 1. The van der Waals surface area contributed by atoms with Gasteiger partial charge in [-0.1, -0.05) is 24.8 Å². The summed E-state index contributed by atoms with van der Waals surface area (Å²) in [5.74, 6) is 0.686. The van der Waals surface area contributed by atoms with E-state index in [1.807, 2.05) is 35.9 Å². The van der Waals surface area contributed by atoms with Gasteiger partial charge in [-0.3, -0.25) is 9.36 Å². The molecule has 7 heteroatoms. The summed E-state index contributed by atoms with van der Waals surface area (Å²) in [7, 11) is 0. The van der Waals surface area contributed by atoms with Gasteiger partial charge in [-0.15, -0.1) is 11.3 Å². The van der Waals surface area contributed by atoms with Crippen LogP contribution in [0.2, 0.25) is 0 Å². The first kappa shape index (κ1) is 17.3. The van der Waals surface area contributed by atoms with Crippen molar-refractivity contribution in [3.05, 3.63) is 57.1 Å². The first-order chi connectivity index (χ1) is 12.6. The van der Waals surface area contributed by atoms with E-state index in [1.54, 1.807) is 27.7 Å². The zero-order valence-corrected chi connectivity index (χ0v) is 16.7. The van der Waals surface area contributed by atoms with Crippen molar-refractivity contribution in [1.82, 2.24) is 18.9 Å². The molecule has 0 aliphatic rings. The van der Waals surface area contributed by atoms with E-state index in [1.165, 1.54) is 4.88 Å². The van der Waals surface area contributed by atoms with Crippen molar-refractivity contribution in [3.63, 3.8) is 0 Å². The predicted octanol–water partition coefficient (Wildman–Crippen LogP) is 4.29. The molecular formula is C19H20N4OS2. The summed E-state index contributed by atoms with van der Waals surface area (Å²) in [6.45, 7) is 6.77. The van der Waals surface area contributed by atoms with E-state index >= 15 is 0 Å². The van der Waals surface area contributed by atoms with Gasteiger partial charge in [0.25, 0.3) is 5.56 Å². The van der Waals surface area contributed by atoms with Gasteiger partial charge in [0.1, 0.15) is 10.5 Å². The Kier molecular flexibility index (Phi) is 4.58. The average Bonchev–Trinajstić information content (AvgIpc) is 3.24. The Labute approximate surface area is 159 Å². The highest BCUT2D eigenvalue weighted by molar-refractivity contribution is 7.98. The molecule has 0 unspecified atom stereocenters. The molecule has 4 aromatic heterocycles. The van der Waals surface area contributed by atoms with Crippen LogP contribution in [0.4, 0.5) is 0 Å². The van der Waals surface area contributed by atoms with E-state index in [-0.39, 0.29) is 5.56 Å². The summed E-state index contributed by atoms with van der Waals surface area (Å²) < 4.78 is 3.81. The average molecular weight is 385 g/mol. The highest BCUT2D eigenvalue weighted by Gasteiger charge is 2.14. The third-order valence-corrected chi connectivity index (χ3v) is 6.59. The molecule has 26 heavy (non-hydrogen) atoms. The van der Waals surface area contributed by atoms with Crippen molar-refractivity contribution in [2.75, 3.05) is 0 Å². The van der Waals surface area contributed by atoms with Crippen molar-refractivity contribution in [2.24, 2.45) is 0 Å². The first-order valence-electron chi connectivity index (χ1n) is 8.70. The normalized spacial score (nSPS) is 11.7. The second kappa shape index (κ2) is 6.89. The van der Waals surface area contributed by atoms with Crippen LogP contribution in [0.15, 0.2) is 40.5 Å². The zero-order valence-electron chi connectivity index (χ0n) is 15.0. The van der Waals surface area contributed by atoms with Crippen molar-refractivity contribution in [1.29, 1.82) is 0 Å². The molecule has 0 saturated carbocycles. The molecule has 0 N–H and O–H groups in total. The van der Waals surface area contributed by atoms with Crippen molar-refractivity contribution in [3.8, 4) is 0 Å². The smallest absolute Gasteiger partial charge is 0.262 e. The summed E-state index contributed by atoms with van der Waals surface area (Å²) in [5.41, 5.74) is 3.17. The zero-order chi connectivity index (χ0) is 18.3. The Balaban J connectivity index is 1.69. The lowest BCUT2D eigenvalue weighted by Gasteiger charge is -2.08. The van der Waals surface area contributed by atoms with Gasteiger partial charge in [0.05, 0.1) is 11.1 Å². The number of hydrogen-bond acceptors (Lipinski definition) is 5. The van der Waals surface area contributed by atoms with Crippen LogP contribution < -0.4 is 5.56 Å². The minimum absolute atomic E-state index is 0.0572. The molecule has 0 saturated heterocycles. The molecule has 4 heterocycles. The standard InChI is InChI=1S/C19H20N4OS2/c1-4-14-9-15-17(26-14)21-19(23(5-2)18(15)24)25-11-13-10-22-8-6-7-12(3)16(22)20-13/h6-10H,4-5,11H2,1-3H3. The van der Waals surface area contributed by atoms with Crippen molar-refractivity contribution < 1.29 is 0 Å². The van der Waals surface area contributed by atoms with E-state index in [2.05, 4.69) is 19.9 Å². The number of hydrogen-bond donors (Lipinski definition) is 0.